The molecule has 30 heavy (non-hydrogen) atoms. The van der Waals surface area contributed by atoms with Gasteiger partial charge in [0.05, 0.1) is 17.9 Å². The quantitative estimate of drug-likeness (QED) is 0.607. The molecule has 1 aliphatic carbocycles. The molecule has 1 aromatic heterocycles. The van der Waals surface area contributed by atoms with E-state index in [9.17, 15) is 9.59 Å². The number of carbonyl (C=O) groups excluding carboxylic acids is 2. The van der Waals surface area contributed by atoms with Crippen molar-refractivity contribution in [1.82, 2.24) is 10.3 Å². The van der Waals surface area contributed by atoms with E-state index in [1.807, 2.05) is 31.2 Å². The Morgan fingerprint density at radius 1 is 1.13 bits per heavy atom. The lowest BCUT2D eigenvalue weighted by Gasteiger charge is -2.14. The van der Waals surface area contributed by atoms with E-state index >= 15 is 0 Å². The molecule has 0 saturated carbocycles. The zero-order valence-electron chi connectivity index (χ0n) is 16.9. The number of nitrogens with one attached hydrogen (secondary N) is 1. The zero-order valence-corrected chi connectivity index (χ0v) is 16.9. The van der Waals surface area contributed by atoms with Crippen LogP contribution in [0.25, 0.3) is 0 Å². The van der Waals surface area contributed by atoms with Gasteiger partial charge in [-0.3, -0.25) is 9.59 Å². The van der Waals surface area contributed by atoms with Crippen molar-refractivity contribution in [2.45, 2.75) is 33.1 Å². The fourth-order valence-corrected chi connectivity index (χ4v) is 3.39. The number of nitrogens with zero attached hydrogens (tertiary/aromatic N) is 4. The monoisotopic (exact) mass is 403 g/mol. The number of rotatable bonds is 5. The van der Waals surface area contributed by atoms with Crippen molar-refractivity contribution in [2.75, 3.05) is 13.1 Å². The summed E-state index contributed by atoms with van der Waals surface area (Å²) in [5, 5.41) is 22.1. The van der Waals surface area contributed by atoms with Gasteiger partial charge in [0.1, 0.15) is 18.8 Å². The van der Waals surface area contributed by atoms with Gasteiger partial charge in [0, 0.05) is 23.1 Å². The van der Waals surface area contributed by atoms with Gasteiger partial charge in [-0.25, -0.2) is 5.43 Å². The molecule has 8 heteroatoms. The molecule has 2 amide bonds. The Bertz CT molecular complexity index is 1070. The lowest BCUT2D eigenvalue weighted by Crippen LogP contribution is -2.32. The Morgan fingerprint density at radius 3 is 2.43 bits per heavy atom. The number of fused-ring (bicyclic) bond motifs is 1. The molecule has 0 unspecified atom stereocenters. The third-order valence-corrected chi connectivity index (χ3v) is 4.94. The van der Waals surface area contributed by atoms with Crippen molar-refractivity contribution < 1.29 is 14.0 Å². The Hall–Kier alpha value is -3.91. The molecule has 0 saturated heterocycles. The van der Waals surface area contributed by atoms with Gasteiger partial charge in [-0.05, 0) is 38.8 Å². The summed E-state index contributed by atoms with van der Waals surface area (Å²) in [4.78, 5) is 26.3. The van der Waals surface area contributed by atoms with Crippen LogP contribution >= 0.6 is 0 Å². The lowest BCUT2D eigenvalue weighted by molar-refractivity contribution is 0.0760. The third-order valence-electron chi connectivity index (χ3n) is 4.94. The number of nitriles is 2. The predicted molar refractivity (Wildman–Crippen MR) is 109 cm³/mol. The summed E-state index contributed by atoms with van der Waals surface area (Å²) in [6.45, 7) is 3.28. The van der Waals surface area contributed by atoms with Crippen LogP contribution < -0.4 is 5.43 Å². The predicted octanol–water partition coefficient (Wildman–Crippen LogP) is 2.86. The summed E-state index contributed by atoms with van der Waals surface area (Å²) in [6.07, 6.45) is 2.05. The van der Waals surface area contributed by atoms with Crippen LogP contribution in [0, 0.1) is 36.5 Å². The normalized spacial score (nSPS) is 13.8. The van der Waals surface area contributed by atoms with Gasteiger partial charge in [0.15, 0.2) is 5.76 Å². The summed E-state index contributed by atoms with van der Waals surface area (Å²) >= 11 is 0. The fraction of sp³-hybridized carbons (Fsp3) is 0.318. The van der Waals surface area contributed by atoms with E-state index in [1.165, 1.54) is 0 Å². The van der Waals surface area contributed by atoms with Gasteiger partial charge in [-0.1, -0.05) is 17.7 Å². The van der Waals surface area contributed by atoms with Gasteiger partial charge in [-0.2, -0.15) is 15.6 Å². The smallest absolute Gasteiger partial charge is 0.291 e. The van der Waals surface area contributed by atoms with E-state index in [1.54, 1.807) is 19.1 Å². The van der Waals surface area contributed by atoms with Crippen LogP contribution in [-0.4, -0.2) is 35.5 Å². The Labute approximate surface area is 174 Å². The summed E-state index contributed by atoms with van der Waals surface area (Å²) in [5.41, 5.74) is 6.10. The van der Waals surface area contributed by atoms with Crippen LogP contribution in [0.3, 0.4) is 0 Å². The first-order chi connectivity index (χ1) is 14.5. The summed E-state index contributed by atoms with van der Waals surface area (Å²) < 4.78 is 5.80. The van der Waals surface area contributed by atoms with Crippen LogP contribution in [0.4, 0.5) is 0 Å². The second-order valence-electron chi connectivity index (χ2n) is 7.05. The average molecular weight is 403 g/mol. The van der Waals surface area contributed by atoms with Gasteiger partial charge >= 0.3 is 0 Å². The molecule has 1 aromatic carbocycles. The number of furan rings is 1. The van der Waals surface area contributed by atoms with Crippen molar-refractivity contribution >= 4 is 17.5 Å². The second-order valence-corrected chi connectivity index (χ2v) is 7.05. The van der Waals surface area contributed by atoms with E-state index < -0.39 is 5.91 Å². The number of carbonyl (C=O) groups is 2. The number of benzene rings is 1. The maximum Gasteiger partial charge on any atom is 0.291 e. The molecule has 0 fully saturated rings. The topological polar surface area (TPSA) is 122 Å². The van der Waals surface area contributed by atoms with Crippen molar-refractivity contribution in [3.8, 4) is 12.1 Å². The highest BCUT2D eigenvalue weighted by Gasteiger charge is 2.30. The minimum absolute atomic E-state index is 0.102. The van der Waals surface area contributed by atoms with E-state index in [2.05, 4.69) is 10.5 Å². The molecule has 0 bridgehead atoms. The van der Waals surface area contributed by atoms with Crippen LogP contribution in [0.2, 0.25) is 0 Å². The van der Waals surface area contributed by atoms with Crippen molar-refractivity contribution in [3.05, 3.63) is 58.0 Å². The van der Waals surface area contributed by atoms with Crippen molar-refractivity contribution in [3.63, 3.8) is 0 Å². The van der Waals surface area contributed by atoms with Crippen LogP contribution in [0.5, 0.6) is 0 Å². The van der Waals surface area contributed by atoms with E-state index in [0.29, 0.717) is 41.0 Å². The highest BCUT2D eigenvalue weighted by molar-refractivity contribution is 6.07. The van der Waals surface area contributed by atoms with E-state index in [4.69, 9.17) is 14.9 Å². The molecule has 3 rings (SSSR count). The minimum atomic E-state index is -0.506. The number of aryl methyl sites for hydroxylation is 2. The minimum Gasteiger partial charge on any atom is -0.455 e. The van der Waals surface area contributed by atoms with Crippen LogP contribution in [-0.2, 0) is 6.42 Å². The van der Waals surface area contributed by atoms with Crippen LogP contribution in [0.1, 0.15) is 56.2 Å². The van der Waals surface area contributed by atoms with Gasteiger partial charge in [0.25, 0.3) is 11.8 Å². The molecular weight excluding hydrogens is 382 g/mol. The fourth-order valence-electron chi connectivity index (χ4n) is 3.39. The van der Waals surface area contributed by atoms with E-state index in [-0.39, 0.29) is 24.8 Å². The first kappa shape index (κ1) is 20.8. The highest BCUT2D eigenvalue weighted by Crippen LogP contribution is 2.30. The highest BCUT2D eigenvalue weighted by atomic mass is 16.4. The molecule has 0 atom stereocenters. The summed E-state index contributed by atoms with van der Waals surface area (Å²) in [5.74, 6) is -0.0985. The van der Waals surface area contributed by atoms with Crippen LogP contribution in [0.15, 0.2) is 33.8 Å². The van der Waals surface area contributed by atoms with Gasteiger partial charge < -0.3 is 9.32 Å². The molecule has 2 aromatic rings. The third kappa shape index (κ3) is 4.23. The Kier molecular flexibility index (Phi) is 6.29. The summed E-state index contributed by atoms with van der Waals surface area (Å²) in [7, 11) is 0. The average Bonchev–Trinajstić information content (AvgIpc) is 3.09. The van der Waals surface area contributed by atoms with Crippen molar-refractivity contribution in [2.24, 2.45) is 5.10 Å². The first-order valence-electron chi connectivity index (χ1n) is 9.55. The second kappa shape index (κ2) is 9.06. The number of hydrazone groups is 1. The molecule has 8 nitrogen and oxygen atoms in total. The molecule has 0 aliphatic heterocycles. The molecule has 0 radical (unpaired) electrons. The lowest BCUT2D eigenvalue weighted by atomic mass is 9.93. The first-order valence-corrected chi connectivity index (χ1v) is 9.55. The number of amides is 2. The Morgan fingerprint density at radius 2 is 1.80 bits per heavy atom. The summed E-state index contributed by atoms with van der Waals surface area (Å²) in [6, 6.07) is 10.9. The number of hydrogen-bond acceptors (Lipinski definition) is 6. The molecule has 152 valence electrons. The standard InChI is InChI=1S/C22H21N5O3/c1-14-6-8-16(9-7-14)21(28)26-25-17-4-3-5-18-19(17)15(2)20(30-18)22(29)27(12-10-23)13-11-24/h6-9H,3-5,12-13H2,1-2H3,(H,26,28)/b25-17+. The molecule has 0 spiro atoms. The molecule has 1 aliphatic rings. The largest absolute Gasteiger partial charge is 0.455 e. The number of hydrogen-bond donors (Lipinski definition) is 1. The van der Waals surface area contributed by atoms with Gasteiger partial charge in [-0.15, -0.1) is 0 Å². The molecule has 1 heterocycles. The molecule has 1 N–H and O–H groups in total. The van der Waals surface area contributed by atoms with E-state index in [0.717, 1.165) is 16.9 Å². The zero-order chi connectivity index (χ0) is 21.7. The SMILES string of the molecule is Cc1ccc(C(=O)N/N=C2\CCCc3oc(C(=O)N(CC#N)CC#N)c(C)c32)cc1. The maximum absolute atomic E-state index is 12.8. The molecular formula is C22H21N5O3. The Balaban J connectivity index is 1.87. The maximum atomic E-state index is 12.8. The van der Waals surface area contributed by atoms with Gasteiger partial charge in [0.2, 0.25) is 0 Å². The van der Waals surface area contributed by atoms with Crippen molar-refractivity contribution in [1.29, 1.82) is 10.5 Å².